The van der Waals surface area contributed by atoms with Gasteiger partial charge in [-0.05, 0) is 35.7 Å². The summed E-state index contributed by atoms with van der Waals surface area (Å²) in [5, 5.41) is 0. The smallest absolute Gasteiger partial charge is 0.250 e. The van der Waals surface area contributed by atoms with Crippen molar-refractivity contribution in [3.05, 3.63) is 67.0 Å². The number of ether oxygens (including phenoxy) is 1. The maximum Gasteiger partial charge on any atom is 0.250 e. The first-order valence-electron chi connectivity index (χ1n) is 9.36. The van der Waals surface area contributed by atoms with Crippen LogP contribution in [-0.2, 0) is 4.79 Å². The topological polar surface area (TPSA) is 58.6 Å². The van der Waals surface area contributed by atoms with Gasteiger partial charge in [-0.2, -0.15) is 0 Å². The van der Waals surface area contributed by atoms with E-state index < -0.39 is 0 Å². The first-order chi connectivity index (χ1) is 13.8. The van der Waals surface area contributed by atoms with E-state index >= 15 is 0 Å². The van der Waals surface area contributed by atoms with Crippen LogP contribution in [0.5, 0.6) is 5.75 Å². The second kappa shape index (κ2) is 6.64. The van der Waals surface area contributed by atoms with Gasteiger partial charge in [-0.3, -0.25) is 4.79 Å². The van der Waals surface area contributed by atoms with E-state index in [4.69, 9.17) is 4.74 Å². The number of carbonyl (C=O) groups excluding carboxylic acids is 1. The lowest BCUT2D eigenvalue weighted by atomic mass is 10.0. The van der Waals surface area contributed by atoms with E-state index in [0.717, 1.165) is 29.8 Å². The van der Waals surface area contributed by atoms with E-state index in [1.165, 1.54) is 0 Å². The molecule has 2 bridgehead atoms. The molecule has 3 aromatic rings. The number of piperazine rings is 1. The summed E-state index contributed by atoms with van der Waals surface area (Å²) in [5.41, 5.74) is 3.01. The Balaban J connectivity index is 1.50. The minimum atomic E-state index is -0.225. The lowest BCUT2D eigenvalue weighted by Gasteiger charge is -2.34. The van der Waals surface area contributed by atoms with Crippen LogP contribution in [0.4, 0.5) is 11.6 Å². The molecule has 0 saturated carbocycles. The molecule has 6 nitrogen and oxygen atoms in total. The summed E-state index contributed by atoms with van der Waals surface area (Å²) in [6.07, 6.45) is 4.20. The van der Waals surface area contributed by atoms with Gasteiger partial charge in [0.2, 0.25) is 11.9 Å². The molecule has 2 aliphatic heterocycles. The maximum absolute atomic E-state index is 13.2. The van der Waals surface area contributed by atoms with Gasteiger partial charge in [-0.25, -0.2) is 9.97 Å². The van der Waals surface area contributed by atoms with Crippen LogP contribution >= 0.6 is 0 Å². The Kier molecular flexibility index (Phi) is 3.97. The van der Waals surface area contributed by atoms with Crippen molar-refractivity contribution in [1.29, 1.82) is 0 Å². The monoisotopic (exact) mass is 372 g/mol. The number of amides is 1. The Hall–Kier alpha value is -3.41. The fourth-order valence-corrected chi connectivity index (χ4v) is 4.24. The zero-order chi connectivity index (χ0) is 19.1. The van der Waals surface area contributed by atoms with Crippen LogP contribution in [0.1, 0.15) is 6.42 Å². The number of fused-ring (bicyclic) bond motifs is 2. The molecule has 28 heavy (non-hydrogen) atoms. The van der Waals surface area contributed by atoms with Gasteiger partial charge in [-0.15, -0.1) is 0 Å². The molecule has 1 aromatic heterocycles. The summed E-state index contributed by atoms with van der Waals surface area (Å²) in [6, 6.07) is 17.8. The number of anilines is 2. The maximum atomic E-state index is 13.2. The van der Waals surface area contributed by atoms with Crippen molar-refractivity contribution >= 4 is 17.5 Å². The van der Waals surface area contributed by atoms with Gasteiger partial charge < -0.3 is 14.5 Å². The van der Waals surface area contributed by atoms with E-state index in [0.29, 0.717) is 11.7 Å². The molecule has 2 fully saturated rings. The molecule has 0 spiro atoms. The fourth-order valence-electron chi connectivity index (χ4n) is 4.24. The molecule has 0 radical (unpaired) electrons. The molecule has 3 heterocycles. The molecule has 6 heteroatoms. The van der Waals surface area contributed by atoms with E-state index in [1.54, 1.807) is 25.6 Å². The van der Waals surface area contributed by atoms with Gasteiger partial charge >= 0.3 is 0 Å². The second-order valence-electron chi connectivity index (χ2n) is 7.07. The van der Waals surface area contributed by atoms with Gasteiger partial charge in [0.25, 0.3) is 0 Å². The van der Waals surface area contributed by atoms with Crippen molar-refractivity contribution in [2.24, 2.45) is 0 Å². The highest BCUT2D eigenvalue weighted by Crippen LogP contribution is 2.42. The minimum Gasteiger partial charge on any atom is -0.495 e. The average Bonchev–Trinajstić information content (AvgIpc) is 3.33. The third-order valence-electron chi connectivity index (χ3n) is 5.52. The van der Waals surface area contributed by atoms with Crippen molar-refractivity contribution in [3.8, 4) is 16.9 Å². The third-order valence-corrected chi connectivity index (χ3v) is 5.52. The average molecular weight is 372 g/mol. The zero-order valence-electron chi connectivity index (χ0n) is 15.5. The Morgan fingerprint density at radius 2 is 1.79 bits per heavy atom. The highest BCUT2D eigenvalue weighted by molar-refractivity contribution is 6.05. The molecule has 2 atom stereocenters. The van der Waals surface area contributed by atoms with Crippen LogP contribution in [0.2, 0.25) is 0 Å². The molecule has 0 aliphatic carbocycles. The highest BCUT2D eigenvalue weighted by atomic mass is 16.5. The molecule has 1 amide bonds. The number of benzene rings is 2. The number of hydrogen-bond donors (Lipinski definition) is 0. The van der Waals surface area contributed by atoms with Crippen LogP contribution in [0, 0.1) is 0 Å². The minimum absolute atomic E-state index is 0.0761. The molecule has 0 N–H and O–H groups in total. The normalized spacial score (nSPS) is 20.7. The predicted octanol–water partition coefficient (Wildman–Crippen LogP) is 3.15. The Labute approximate surface area is 163 Å². The predicted molar refractivity (Wildman–Crippen MR) is 107 cm³/mol. The Morgan fingerprint density at radius 1 is 1.00 bits per heavy atom. The second-order valence-corrected chi connectivity index (χ2v) is 7.07. The van der Waals surface area contributed by atoms with Crippen molar-refractivity contribution in [2.75, 3.05) is 23.5 Å². The number of carbonyl (C=O) groups is 1. The van der Waals surface area contributed by atoms with Gasteiger partial charge in [-0.1, -0.05) is 36.4 Å². The lowest BCUT2D eigenvalue weighted by molar-refractivity contribution is -0.118. The molecule has 140 valence electrons. The van der Waals surface area contributed by atoms with Crippen molar-refractivity contribution < 1.29 is 9.53 Å². The lowest BCUT2D eigenvalue weighted by Crippen LogP contribution is -2.51. The number of methoxy groups -OCH3 is 1. The van der Waals surface area contributed by atoms with Gasteiger partial charge in [0.15, 0.2) is 0 Å². The van der Waals surface area contributed by atoms with Crippen LogP contribution in [0.3, 0.4) is 0 Å². The van der Waals surface area contributed by atoms with Crippen molar-refractivity contribution in [3.63, 3.8) is 0 Å². The van der Waals surface area contributed by atoms with E-state index in [-0.39, 0.29) is 18.0 Å². The number of nitrogens with zero attached hydrogens (tertiary/aromatic N) is 4. The van der Waals surface area contributed by atoms with Crippen LogP contribution in [0.25, 0.3) is 11.1 Å². The SMILES string of the molecule is COc1ccc(-c2ccccc2)cc1N1C(=O)[C@@H]2C[C@H]1CN2c1ncccn1. The number of hydrogen-bond acceptors (Lipinski definition) is 5. The summed E-state index contributed by atoms with van der Waals surface area (Å²) < 4.78 is 5.58. The summed E-state index contributed by atoms with van der Waals surface area (Å²) in [4.78, 5) is 25.8. The first-order valence-corrected chi connectivity index (χ1v) is 9.36. The molecule has 2 saturated heterocycles. The molecule has 0 unspecified atom stereocenters. The Bertz CT molecular complexity index is 1010. The van der Waals surface area contributed by atoms with Gasteiger partial charge in [0.1, 0.15) is 11.8 Å². The fraction of sp³-hybridized carbons (Fsp3) is 0.227. The van der Waals surface area contributed by atoms with Crippen LogP contribution in [-0.4, -0.2) is 41.6 Å². The van der Waals surface area contributed by atoms with E-state index in [9.17, 15) is 4.79 Å². The van der Waals surface area contributed by atoms with E-state index in [1.807, 2.05) is 40.1 Å². The number of aromatic nitrogens is 2. The van der Waals surface area contributed by atoms with Gasteiger partial charge in [0, 0.05) is 18.9 Å². The standard InChI is InChI=1S/C22H20N4O2/c1-28-20-9-8-16(15-6-3-2-4-7-15)12-18(20)26-17-13-19(21(26)27)25(14-17)22-23-10-5-11-24-22/h2-12,17,19H,13-14H2,1H3/t17-,19-/m0/s1. The highest BCUT2D eigenvalue weighted by Gasteiger charge is 2.51. The number of rotatable bonds is 4. The molecule has 5 rings (SSSR count). The van der Waals surface area contributed by atoms with E-state index in [2.05, 4.69) is 28.2 Å². The van der Waals surface area contributed by atoms with Crippen molar-refractivity contribution in [1.82, 2.24) is 9.97 Å². The third kappa shape index (κ3) is 2.60. The molecule has 2 aliphatic rings. The molecular formula is C22H20N4O2. The zero-order valence-corrected chi connectivity index (χ0v) is 15.5. The van der Waals surface area contributed by atoms with Crippen LogP contribution < -0.4 is 14.5 Å². The Morgan fingerprint density at radius 3 is 2.50 bits per heavy atom. The van der Waals surface area contributed by atoms with Gasteiger partial charge in [0.05, 0.1) is 18.8 Å². The summed E-state index contributed by atoms with van der Waals surface area (Å²) in [6.45, 7) is 0.721. The molecular weight excluding hydrogens is 352 g/mol. The summed E-state index contributed by atoms with van der Waals surface area (Å²) in [5.74, 6) is 1.41. The molecule has 2 aromatic carbocycles. The summed E-state index contributed by atoms with van der Waals surface area (Å²) >= 11 is 0. The largest absolute Gasteiger partial charge is 0.495 e. The summed E-state index contributed by atoms with van der Waals surface area (Å²) in [7, 11) is 1.64. The first kappa shape index (κ1) is 16.7. The van der Waals surface area contributed by atoms with Crippen molar-refractivity contribution in [2.45, 2.75) is 18.5 Å². The van der Waals surface area contributed by atoms with Crippen LogP contribution in [0.15, 0.2) is 67.0 Å². The quantitative estimate of drug-likeness (QED) is 0.704.